The summed E-state index contributed by atoms with van der Waals surface area (Å²) in [7, 11) is 3.14. The average molecular weight is 548 g/mol. The highest BCUT2D eigenvalue weighted by atomic mass is 32.2. The summed E-state index contributed by atoms with van der Waals surface area (Å²) in [6.07, 6.45) is 1.69. The van der Waals surface area contributed by atoms with Crippen molar-refractivity contribution in [2.75, 3.05) is 31.9 Å². The molecule has 204 valence electrons. The van der Waals surface area contributed by atoms with E-state index in [2.05, 4.69) is 60.3 Å². The number of carbonyl (C=O) groups excluding carboxylic acids is 1. The molecule has 1 N–H and O–H groups in total. The van der Waals surface area contributed by atoms with Crippen molar-refractivity contribution in [1.82, 2.24) is 9.97 Å². The molecule has 0 atom stereocenters. The normalized spacial score (nSPS) is 11.2. The first-order valence-corrected chi connectivity index (χ1v) is 13.6. The number of benzene rings is 3. The van der Waals surface area contributed by atoms with Crippen molar-refractivity contribution >= 4 is 34.4 Å². The van der Waals surface area contributed by atoms with Gasteiger partial charge in [-0.05, 0) is 59.9 Å². The summed E-state index contributed by atoms with van der Waals surface area (Å²) in [5.41, 5.74) is 2.72. The van der Waals surface area contributed by atoms with Crippen molar-refractivity contribution in [3.63, 3.8) is 0 Å². The van der Waals surface area contributed by atoms with Gasteiger partial charge in [-0.3, -0.25) is 5.32 Å². The van der Waals surface area contributed by atoms with E-state index in [1.807, 2.05) is 0 Å². The lowest BCUT2D eigenvalue weighted by Gasteiger charge is -2.19. The summed E-state index contributed by atoms with van der Waals surface area (Å²) in [6, 6.07) is 19.1. The van der Waals surface area contributed by atoms with Crippen LogP contribution in [0.1, 0.15) is 32.8 Å². The molecule has 4 aromatic rings. The van der Waals surface area contributed by atoms with Gasteiger partial charge in [0.2, 0.25) is 5.88 Å². The van der Waals surface area contributed by atoms with Crippen LogP contribution in [0.5, 0.6) is 23.1 Å². The fourth-order valence-electron chi connectivity index (χ4n) is 3.78. The minimum atomic E-state index is -0.494. The molecule has 0 aliphatic rings. The first kappa shape index (κ1) is 28.0. The zero-order valence-electron chi connectivity index (χ0n) is 22.8. The van der Waals surface area contributed by atoms with E-state index >= 15 is 0 Å². The predicted octanol–water partition coefficient (Wildman–Crippen LogP) is 7.47. The van der Waals surface area contributed by atoms with Crippen LogP contribution in [0.2, 0.25) is 0 Å². The Balaban J connectivity index is 1.24. The fraction of sp³-hybridized carbons (Fsp3) is 0.300. The van der Waals surface area contributed by atoms with Gasteiger partial charge >= 0.3 is 6.09 Å². The summed E-state index contributed by atoms with van der Waals surface area (Å²) in [4.78, 5) is 22.0. The van der Waals surface area contributed by atoms with Crippen LogP contribution in [0.4, 0.5) is 10.5 Å². The van der Waals surface area contributed by atoms with Crippen LogP contribution in [0.25, 0.3) is 10.9 Å². The molecule has 0 bridgehead atoms. The maximum Gasteiger partial charge on any atom is 0.411 e. The molecular formula is C30H33N3O5S. The van der Waals surface area contributed by atoms with Crippen LogP contribution >= 0.6 is 11.8 Å². The number of rotatable bonds is 10. The second-order valence-electron chi connectivity index (χ2n) is 9.77. The van der Waals surface area contributed by atoms with Gasteiger partial charge in [-0.1, -0.05) is 32.9 Å². The van der Waals surface area contributed by atoms with Crippen LogP contribution in [0.15, 0.2) is 71.9 Å². The van der Waals surface area contributed by atoms with Crippen LogP contribution in [0, 0.1) is 0 Å². The van der Waals surface area contributed by atoms with E-state index in [0.717, 1.165) is 12.2 Å². The first-order chi connectivity index (χ1) is 18.8. The molecule has 0 saturated carbocycles. The zero-order valence-corrected chi connectivity index (χ0v) is 23.6. The van der Waals surface area contributed by atoms with Gasteiger partial charge in [0.15, 0.2) is 11.5 Å². The second-order valence-corrected chi connectivity index (χ2v) is 10.9. The zero-order chi connectivity index (χ0) is 27.8. The molecule has 1 heterocycles. The van der Waals surface area contributed by atoms with Crippen molar-refractivity contribution in [3.05, 3.63) is 72.6 Å². The van der Waals surface area contributed by atoms with E-state index in [0.29, 0.717) is 46.3 Å². The number of hydrogen-bond donors (Lipinski definition) is 1. The van der Waals surface area contributed by atoms with E-state index in [1.165, 1.54) is 16.8 Å². The molecule has 0 aliphatic heterocycles. The Morgan fingerprint density at radius 2 is 1.62 bits per heavy atom. The molecule has 0 spiro atoms. The summed E-state index contributed by atoms with van der Waals surface area (Å²) in [5, 5.41) is 3.42. The smallest absolute Gasteiger partial charge is 0.411 e. The summed E-state index contributed by atoms with van der Waals surface area (Å²) in [6.45, 7) is 6.96. The van der Waals surface area contributed by atoms with Crippen LogP contribution in [0.3, 0.4) is 0 Å². The first-order valence-electron chi connectivity index (χ1n) is 12.6. The largest absolute Gasteiger partial charge is 0.493 e. The van der Waals surface area contributed by atoms with Crippen molar-refractivity contribution in [2.24, 2.45) is 0 Å². The Morgan fingerprint density at radius 3 is 2.28 bits per heavy atom. The number of nitrogens with one attached hydrogen (secondary N) is 1. The molecule has 0 aliphatic carbocycles. The third-order valence-corrected chi connectivity index (χ3v) is 7.03. The Bertz CT molecular complexity index is 1400. The van der Waals surface area contributed by atoms with Gasteiger partial charge in [-0.2, -0.15) is 0 Å². The van der Waals surface area contributed by atoms with Crippen molar-refractivity contribution in [3.8, 4) is 23.1 Å². The summed E-state index contributed by atoms with van der Waals surface area (Å²) >= 11 is 1.75. The lowest BCUT2D eigenvalue weighted by Crippen LogP contribution is -2.14. The maximum absolute atomic E-state index is 12.2. The minimum absolute atomic E-state index is 0.146. The topological polar surface area (TPSA) is 91.8 Å². The number of ether oxygens (including phenoxy) is 4. The van der Waals surface area contributed by atoms with Crippen LogP contribution in [-0.4, -0.2) is 42.6 Å². The molecule has 39 heavy (non-hydrogen) atoms. The molecule has 1 aromatic heterocycles. The molecule has 8 nitrogen and oxygen atoms in total. The summed E-state index contributed by atoms with van der Waals surface area (Å²) in [5.74, 6) is 2.92. The number of thioether (sulfide) groups is 1. The molecule has 0 fully saturated rings. The van der Waals surface area contributed by atoms with Crippen LogP contribution in [-0.2, 0) is 10.2 Å². The maximum atomic E-state index is 12.2. The molecule has 1 amide bonds. The number of carbonyl (C=O) groups is 1. The monoisotopic (exact) mass is 547 g/mol. The van der Waals surface area contributed by atoms with E-state index in [-0.39, 0.29) is 5.41 Å². The standard InChI is InChI=1S/C30H33N3O5S/c1-30(2,3)20-7-13-23(14-8-20)39-16-6-15-37-29(34)33-21-9-11-22(12-10-21)38-28-24-17-26(35-4)27(36-5)18-25(24)31-19-32-28/h7-14,17-19H,6,15-16H2,1-5H3,(H,33,34). The molecule has 4 rings (SSSR count). The Kier molecular flexibility index (Phi) is 9.14. The van der Waals surface area contributed by atoms with Crippen LogP contribution < -0.4 is 19.5 Å². The van der Waals surface area contributed by atoms with E-state index < -0.39 is 6.09 Å². The van der Waals surface area contributed by atoms with Gasteiger partial charge in [0.25, 0.3) is 0 Å². The average Bonchev–Trinajstić information content (AvgIpc) is 2.93. The fourth-order valence-corrected chi connectivity index (χ4v) is 4.60. The number of aromatic nitrogens is 2. The van der Waals surface area contributed by atoms with Gasteiger partial charge in [0.1, 0.15) is 12.1 Å². The summed E-state index contributed by atoms with van der Waals surface area (Å²) < 4.78 is 22.0. The third-order valence-electron chi connectivity index (χ3n) is 5.93. The molecule has 0 saturated heterocycles. The number of fused-ring (bicyclic) bond motifs is 1. The van der Waals surface area contributed by atoms with Gasteiger partial charge in [0.05, 0.1) is 31.7 Å². The molecule has 0 unspecified atom stereocenters. The van der Waals surface area contributed by atoms with Gasteiger partial charge in [-0.15, -0.1) is 11.8 Å². The molecule has 9 heteroatoms. The molecular weight excluding hydrogens is 514 g/mol. The predicted molar refractivity (Wildman–Crippen MR) is 155 cm³/mol. The van der Waals surface area contributed by atoms with Crippen molar-refractivity contribution < 1.29 is 23.7 Å². The van der Waals surface area contributed by atoms with Crippen molar-refractivity contribution in [2.45, 2.75) is 37.5 Å². The minimum Gasteiger partial charge on any atom is -0.493 e. The van der Waals surface area contributed by atoms with Gasteiger partial charge < -0.3 is 18.9 Å². The SMILES string of the molecule is COc1cc2ncnc(Oc3ccc(NC(=O)OCCCSc4ccc(C(C)(C)C)cc4)cc3)c2cc1OC. The van der Waals surface area contributed by atoms with E-state index in [1.54, 1.807) is 62.4 Å². The van der Waals surface area contributed by atoms with Crippen molar-refractivity contribution in [1.29, 1.82) is 0 Å². The van der Waals surface area contributed by atoms with E-state index in [4.69, 9.17) is 18.9 Å². The Morgan fingerprint density at radius 1 is 0.923 bits per heavy atom. The third kappa shape index (κ3) is 7.54. The number of anilines is 1. The quantitative estimate of drug-likeness (QED) is 0.161. The molecule has 3 aromatic carbocycles. The second kappa shape index (κ2) is 12.7. The number of amides is 1. The van der Waals surface area contributed by atoms with Gasteiger partial charge in [0, 0.05) is 22.4 Å². The highest BCUT2D eigenvalue weighted by Gasteiger charge is 2.14. The lowest BCUT2D eigenvalue weighted by atomic mass is 9.87. The number of methoxy groups -OCH3 is 2. The highest BCUT2D eigenvalue weighted by molar-refractivity contribution is 7.99. The molecule has 0 radical (unpaired) electrons. The highest BCUT2D eigenvalue weighted by Crippen LogP contribution is 2.36. The number of nitrogens with zero attached hydrogens (tertiary/aromatic N) is 2. The Labute approximate surface area is 233 Å². The lowest BCUT2D eigenvalue weighted by molar-refractivity contribution is 0.162. The number of hydrogen-bond acceptors (Lipinski definition) is 8. The van der Waals surface area contributed by atoms with E-state index in [9.17, 15) is 4.79 Å². The Hall–Kier alpha value is -3.98. The van der Waals surface area contributed by atoms with Gasteiger partial charge in [-0.25, -0.2) is 14.8 Å².